The Hall–Kier alpha value is -2.41. The monoisotopic (exact) mass is 308 g/mol. The highest BCUT2D eigenvalue weighted by molar-refractivity contribution is 7.18. The van der Waals surface area contributed by atoms with Crippen LogP contribution in [-0.4, -0.2) is 15.8 Å². The molecule has 1 aromatic carbocycles. The zero-order valence-electron chi connectivity index (χ0n) is 11.9. The van der Waals surface area contributed by atoms with Crippen LogP contribution < -0.4 is 5.32 Å². The minimum Gasteiger partial charge on any atom is -0.506 e. The number of carbonyl (C=O) groups is 1. The van der Waals surface area contributed by atoms with Crippen LogP contribution in [0.15, 0.2) is 30.3 Å². The van der Waals surface area contributed by atoms with Crippen LogP contribution in [0.3, 0.4) is 0 Å². The first-order chi connectivity index (χ1) is 9.99. The minimum absolute atomic E-state index is 0.0697. The van der Waals surface area contributed by atoms with Crippen LogP contribution in [0.5, 0.6) is 5.75 Å². The molecule has 0 radical (unpaired) electrons. The van der Waals surface area contributed by atoms with Crippen molar-refractivity contribution in [3.8, 4) is 5.75 Å². The van der Waals surface area contributed by atoms with Gasteiger partial charge in [0.05, 0.1) is 9.92 Å². The molecule has 2 N–H and O–H groups in total. The van der Waals surface area contributed by atoms with Gasteiger partial charge in [-0.2, -0.15) is 0 Å². The Balaban J connectivity index is 0.00000106. The molecule has 0 unspecified atom stereocenters. The van der Waals surface area contributed by atoms with Gasteiger partial charge in [-0.05, 0) is 6.07 Å². The summed E-state index contributed by atoms with van der Waals surface area (Å²) in [5.41, 5.74) is 0.239. The second-order valence-electron chi connectivity index (χ2n) is 3.78. The van der Waals surface area contributed by atoms with Gasteiger partial charge in [0.25, 0.3) is 5.69 Å². The fourth-order valence-electron chi connectivity index (χ4n) is 1.57. The molecule has 7 heteroatoms. The van der Waals surface area contributed by atoms with Gasteiger partial charge < -0.3 is 10.4 Å². The highest BCUT2D eigenvalue weighted by atomic mass is 32.1. The second kappa shape index (κ2) is 7.39. The van der Waals surface area contributed by atoms with E-state index in [0.717, 1.165) is 11.3 Å². The first kappa shape index (κ1) is 16.6. The lowest BCUT2D eigenvalue weighted by molar-refractivity contribution is -0.383. The Morgan fingerprint density at radius 3 is 2.48 bits per heavy atom. The number of para-hydroxylation sites is 2. The van der Waals surface area contributed by atoms with Gasteiger partial charge in [-0.1, -0.05) is 26.0 Å². The van der Waals surface area contributed by atoms with Crippen molar-refractivity contribution in [2.24, 2.45) is 0 Å². The quantitative estimate of drug-likeness (QED) is 0.498. The predicted molar refractivity (Wildman–Crippen MR) is 83.7 cm³/mol. The number of ketones is 1. The third kappa shape index (κ3) is 4.03. The Kier molecular flexibility index (Phi) is 5.86. The van der Waals surface area contributed by atoms with Gasteiger partial charge in [0.2, 0.25) is 0 Å². The van der Waals surface area contributed by atoms with Crippen LogP contribution in [0.25, 0.3) is 0 Å². The fraction of sp³-hybridized carbons (Fsp3) is 0.214. The van der Waals surface area contributed by atoms with E-state index in [1.807, 2.05) is 13.8 Å². The molecule has 2 aromatic rings. The van der Waals surface area contributed by atoms with Gasteiger partial charge >= 0.3 is 0 Å². The van der Waals surface area contributed by atoms with Gasteiger partial charge in [0, 0.05) is 19.1 Å². The smallest absolute Gasteiger partial charge is 0.292 e. The van der Waals surface area contributed by atoms with Gasteiger partial charge in [-0.25, -0.2) is 0 Å². The van der Waals surface area contributed by atoms with Crippen LogP contribution in [0.4, 0.5) is 16.4 Å². The Morgan fingerprint density at radius 1 is 1.33 bits per heavy atom. The molecule has 0 aliphatic rings. The third-order valence-electron chi connectivity index (χ3n) is 2.39. The summed E-state index contributed by atoms with van der Waals surface area (Å²) in [5, 5.41) is 23.7. The molecule has 0 bridgehead atoms. The zero-order chi connectivity index (χ0) is 16.0. The Bertz CT molecular complexity index is 652. The number of aromatic hydroxyl groups is 1. The molecule has 0 saturated carbocycles. The van der Waals surface area contributed by atoms with Gasteiger partial charge in [-0.3, -0.25) is 14.9 Å². The average molecular weight is 308 g/mol. The summed E-state index contributed by atoms with van der Waals surface area (Å²) in [6.45, 7) is 5.35. The second-order valence-corrected chi connectivity index (χ2v) is 4.83. The Morgan fingerprint density at radius 2 is 1.95 bits per heavy atom. The van der Waals surface area contributed by atoms with Crippen LogP contribution in [0.1, 0.15) is 30.4 Å². The number of nitrogens with zero attached hydrogens (tertiary/aromatic N) is 1. The molecule has 0 atom stereocenters. The zero-order valence-corrected chi connectivity index (χ0v) is 12.7. The van der Waals surface area contributed by atoms with E-state index < -0.39 is 4.92 Å². The molecule has 0 aliphatic heterocycles. The van der Waals surface area contributed by atoms with E-state index in [2.05, 4.69) is 5.32 Å². The summed E-state index contributed by atoms with van der Waals surface area (Å²) in [4.78, 5) is 21.8. The van der Waals surface area contributed by atoms with Crippen LogP contribution >= 0.6 is 11.3 Å². The predicted octanol–water partition coefficient (Wildman–Crippen LogP) is 4.33. The lowest BCUT2D eigenvalue weighted by Gasteiger charge is -2.03. The largest absolute Gasteiger partial charge is 0.506 e. The summed E-state index contributed by atoms with van der Waals surface area (Å²) in [6, 6.07) is 7.53. The number of Topliss-reactive ketones (excluding diaryl/α,β-unsaturated/α-hetero) is 1. The lowest BCUT2D eigenvalue weighted by Crippen LogP contribution is -1.95. The van der Waals surface area contributed by atoms with Gasteiger partial charge in [0.1, 0.15) is 16.3 Å². The SMILES string of the molecule is CC.CC(=O)c1sc(Nc2ccccc2[N+](=O)[O-])cc1O. The Labute approximate surface area is 126 Å². The van der Waals surface area contributed by atoms with Crippen molar-refractivity contribution in [1.29, 1.82) is 0 Å². The molecule has 112 valence electrons. The van der Waals surface area contributed by atoms with Crippen molar-refractivity contribution in [1.82, 2.24) is 0 Å². The maximum absolute atomic E-state index is 11.2. The maximum atomic E-state index is 11.2. The van der Waals surface area contributed by atoms with E-state index in [9.17, 15) is 20.0 Å². The number of thiophene rings is 1. The summed E-state index contributed by atoms with van der Waals surface area (Å²) in [6.07, 6.45) is 0. The number of nitrogens with one attached hydrogen (secondary N) is 1. The van der Waals surface area contributed by atoms with E-state index in [0.29, 0.717) is 10.7 Å². The molecule has 0 amide bonds. The summed E-state index contributed by atoms with van der Waals surface area (Å²) in [5.74, 6) is -0.378. The first-order valence-corrected chi connectivity index (χ1v) is 7.15. The van der Waals surface area contributed by atoms with Crippen LogP contribution in [0, 0.1) is 10.1 Å². The lowest BCUT2D eigenvalue weighted by atomic mass is 10.2. The first-order valence-electron chi connectivity index (χ1n) is 6.33. The van der Waals surface area contributed by atoms with E-state index in [4.69, 9.17) is 0 Å². The number of nitro benzene ring substituents is 1. The topological polar surface area (TPSA) is 92.5 Å². The normalized spacial score (nSPS) is 9.48. The molecule has 0 aliphatic carbocycles. The standard InChI is InChI=1S/C12H10N2O4S.C2H6/c1-7(15)12-10(16)6-11(19-12)13-8-4-2-3-5-9(8)14(17)18;1-2/h2-6,13,16H,1H3;1-2H3. The maximum Gasteiger partial charge on any atom is 0.292 e. The van der Waals surface area contributed by atoms with Crippen molar-refractivity contribution >= 4 is 33.5 Å². The minimum atomic E-state index is -0.498. The highest BCUT2D eigenvalue weighted by Gasteiger charge is 2.16. The average Bonchev–Trinajstić information content (AvgIpc) is 2.82. The van der Waals surface area contributed by atoms with Crippen molar-refractivity contribution in [3.63, 3.8) is 0 Å². The van der Waals surface area contributed by atoms with E-state index in [-0.39, 0.29) is 22.1 Å². The number of carbonyl (C=O) groups excluding carboxylic acids is 1. The van der Waals surface area contributed by atoms with Crippen molar-refractivity contribution in [3.05, 3.63) is 45.3 Å². The molecule has 0 fully saturated rings. The van der Waals surface area contributed by atoms with E-state index in [1.165, 1.54) is 19.1 Å². The number of benzene rings is 1. The number of rotatable bonds is 4. The van der Waals surface area contributed by atoms with Crippen molar-refractivity contribution < 1.29 is 14.8 Å². The molecule has 6 nitrogen and oxygen atoms in total. The molecule has 0 spiro atoms. The van der Waals surface area contributed by atoms with E-state index >= 15 is 0 Å². The number of hydrogen-bond donors (Lipinski definition) is 2. The third-order valence-corrected chi connectivity index (χ3v) is 3.53. The number of nitro groups is 1. The van der Waals surface area contributed by atoms with E-state index in [1.54, 1.807) is 18.2 Å². The summed E-state index contributed by atoms with van der Waals surface area (Å²) in [7, 11) is 0. The number of hydrogen-bond acceptors (Lipinski definition) is 6. The molecule has 2 rings (SSSR count). The molecule has 21 heavy (non-hydrogen) atoms. The molecular formula is C14H16N2O4S. The van der Waals surface area contributed by atoms with Crippen LogP contribution in [0.2, 0.25) is 0 Å². The molecular weight excluding hydrogens is 292 g/mol. The van der Waals surface area contributed by atoms with Crippen molar-refractivity contribution in [2.75, 3.05) is 5.32 Å². The number of anilines is 2. The van der Waals surface area contributed by atoms with Crippen molar-refractivity contribution in [2.45, 2.75) is 20.8 Å². The summed E-state index contributed by atoms with van der Waals surface area (Å²) >= 11 is 1.05. The fourth-order valence-corrected chi connectivity index (χ4v) is 2.43. The molecule has 0 saturated heterocycles. The molecule has 1 aromatic heterocycles. The summed E-state index contributed by atoms with van der Waals surface area (Å²) < 4.78 is 0. The highest BCUT2D eigenvalue weighted by Crippen LogP contribution is 2.36. The van der Waals surface area contributed by atoms with Crippen LogP contribution in [-0.2, 0) is 0 Å². The van der Waals surface area contributed by atoms with Gasteiger partial charge in [0.15, 0.2) is 5.78 Å². The molecule has 1 heterocycles. The van der Waals surface area contributed by atoms with Gasteiger partial charge in [-0.15, -0.1) is 11.3 Å².